The number of amides is 2. The van der Waals surface area contributed by atoms with Crippen molar-refractivity contribution >= 4 is 23.2 Å². The van der Waals surface area contributed by atoms with E-state index in [1.165, 1.54) is 0 Å². The van der Waals surface area contributed by atoms with E-state index in [-0.39, 0.29) is 17.7 Å². The fourth-order valence-corrected chi connectivity index (χ4v) is 3.19. The standard InChI is InChI=1S/C22H27N3O3/c1-17(18-5-3-2-4-6-18)15-21(26)23-19-7-9-20(10-8-19)24-22(27)16-25-11-13-28-14-12-25/h2-10,17H,11-16H2,1H3,(H,23,26)(H,24,27). The molecule has 1 atom stereocenters. The van der Waals surface area contributed by atoms with Gasteiger partial charge in [-0.05, 0) is 35.7 Å². The second-order valence-electron chi connectivity index (χ2n) is 7.08. The Morgan fingerprint density at radius 3 is 2.11 bits per heavy atom. The molecule has 1 heterocycles. The Hall–Kier alpha value is -2.70. The molecule has 2 amide bonds. The average molecular weight is 381 g/mol. The van der Waals surface area contributed by atoms with Gasteiger partial charge in [0.05, 0.1) is 19.8 Å². The molecule has 2 N–H and O–H groups in total. The molecule has 1 aliphatic rings. The van der Waals surface area contributed by atoms with Gasteiger partial charge >= 0.3 is 0 Å². The van der Waals surface area contributed by atoms with Crippen LogP contribution in [-0.4, -0.2) is 49.6 Å². The quantitative estimate of drug-likeness (QED) is 0.773. The Kier molecular flexibility index (Phi) is 7.17. The summed E-state index contributed by atoms with van der Waals surface area (Å²) in [6, 6.07) is 17.2. The van der Waals surface area contributed by atoms with Crippen LogP contribution in [0.25, 0.3) is 0 Å². The van der Waals surface area contributed by atoms with E-state index in [0.717, 1.165) is 24.3 Å². The predicted octanol–water partition coefficient (Wildman–Crippen LogP) is 3.09. The third-order valence-electron chi connectivity index (χ3n) is 4.78. The molecule has 1 fully saturated rings. The summed E-state index contributed by atoms with van der Waals surface area (Å²) in [5, 5.41) is 5.80. The first-order valence-corrected chi connectivity index (χ1v) is 9.65. The zero-order chi connectivity index (χ0) is 19.8. The maximum atomic E-state index is 12.3. The van der Waals surface area contributed by atoms with Crippen LogP contribution in [-0.2, 0) is 14.3 Å². The molecule has 0 bridgehead atoms. The number of hydrogen-bond acceptors (Lipinski definition) is 4. The van der Waals surface area contributed by atoms with Gasteiger partial charge in [0.2, 0.25) is 11.8 Å². The molecule has 2 aromatic rings. The summed E-state index contributed by atoms with van der Waals surface area (Å²) >= 11 is 0. The maximum absolute atomic E-state index is 12.3. The number of anilines is 2. The molecule has 28 heavy (non-hydrogen) atoms. The summed E-state index contributed by atoms with van der Waals surface area (Å²) in [4.78, 5) is 26.5. The van der Waals surface area contributed by atoms with Crippen LogP contribution in [0.15, 0.2) is 54.6 Å². The molecule has 3 rings (SSSR count). The third kappa shape index (κ3) is 6.18. The molecule has 148 valence electrons. The molecule has 6 heteroatoms. The van der Waals surface area contributed by atoms with Crippen LogP contribution in [0.2, 0.25) is 0 Å². The number of carbonyl (C=O) groups is 2. The highest BCUT2D eigenvalue weighted by molar-refractivity contribution is 5.94. The van der Waals surface area contributed by atoms with Crippen molar-refractivity contribution in [3.8, 4) is 0 Å². The second-order valence-corrected chi connectivity index (χ2v) is 7.08. The number of morpholine rings is 1. The van der Waals surface area contributed by atoms with Gasteiger partial charge in [0.1, 0.15) is 0 Å². The SMILES string of the molecule is CC(CC(=O)Nc1ccc(NC(=O)CN2CCOCC2)cc1)c1ccccc1. The summed E-state index contributed by atoms with van der Waals surface area (Å²) in [6.45, 7) is 5.30. The molecule has 2 aromatic carbocycles. The van der Waals surface area contributed by atoms with E-state index < -0.39 is 0 Å². The minimum Gasteiger partial charge on any atom is -0.379 e. The fourth-order valence-electron chi connectivity index (χ4n) is 3.19. The van der Waals surface area contributed by atoms with Crippen LogP contribution in [0.5, 0.6) is 0 Å². The van der Waals surface area contributed by atoms with Crippen molar-refractivity contribution < 1.29 is 14.3 Å². The molecule has 1 saturated heterocycles. The Labute approximate surface area is 165 Å². The van der Waals surface area contributed by atoms with Crippen molar-refractivity contribution in [1.29, 1.82) is 0 Å². The number of nitrogens with one attached hydrogen (secondary N) is 2. The molecule has 1 aliphatic heterocycles. The number of rotatable bonds is 7. The van der Waals surface area contributed by atoms with E-state index in [2.05, 4.69) is 15.5 Å². The lowest BCUT2D eigenvalue weighted by Crippen LogP contribution is -2.41. The van der Waals surface area contributed by atoms with Crippen molar-refractivity contribution in [2.75, 3.05) is 43.5 Å². The molecule has 0 aromatic heterocycles. The Bertz CT molecular complexity index is 771. The Morgan fingerprint density at radius 2 is 1.50 bits per heavy atom. The monoisotopic (exact) mass is 381 g/mol. The summed E-state index contributed by atoms with van der Waals surface area (Å²) < 4.78 is 5.29. The van der Waals surface area contributed by atoms with Crippen molar-refractivity contribution in [1.82, 2.24) is 4.90 Å². The van der Waals surface area contributed by atoms with Crippen molar-refractivity contribution in [2.45, 2.75) is 19.3 Å². The molecule has 0 radical (unpaired) electrons. The highest BCUT2D eigenvalue weighted by Gasteiger charge is 2.14. The van der Waals surface area contributed by atoms with Crippen molar-refractivity contribution in [3.05, 3.63) is 60.2 Å². The van der Waals surface area contributed by atoms with Gasteiger partial charge in [-0.2, -0.15) is 0 Å². The molecule has 1 unspecified atom stereocenters. The number of nitrogens with zero attached hydrogens (tertiary/aromatic N) is 1. The average Bonchev–Trinajstić information content (AvgIpc) is 2.71. The highest BCUT2D eigenvalue weighted by atomic mass is 16.5. The zero-order valence-electron chi connectivity index (χ0n) is 16.2. The molecule has 0 saturated carbocycles. The highest BCUT2D eigenvalue weighted by Crippen LogP contribution is 2.20. The smallest absolute Gasteiger partial charge is 0.238 e. The van der Waals surface area contributed by atoms with Gasteiger partial charge in [-0.1, -0.05) is 37.3 Å². The van der Waals surface area contributed by atoms with Crippen LogP contribution in [0, 0.1) is 0 Å². The molecule has 0 aliphatic carbocycles. The molecular formula is C22H27N3O3. The third-order valence-corrected chi connectivity index (χ3v) is 4.78. The van der Waals surface area contributed by atoms with Gasteiger partial charge in [0, 0.05) is 30.9 Å². The van der Waals surface area contributed by atoms with E-state index in [9.17, 15) is 9.59 Å². The van der Waals surface area contributed by atoms with E-state index >= 15 is 0 Å². The van der Waals surface area contributed by atoms with E-state index in [1.54, 1.807) is 24.3 Å². The Morgan fingerprint density at radius 1 is 0.929 bits per heavy atom. The predicted molar refractivity (Wildman–Crippen MR) is 110 cm³/mol. The lowest BCUT2D eigenvalue weighted by molar-refractivity contribution is -0.118. The van der Waals surface area contributed by atoms with Crippen molar-refractivity contribution in [3.63, 3.8) is 0 Å². The first-order chi connectivity index (χ1) is 13.6. The minimum absolute atomic E-state index is 0.0274. The van der Waals surface area contributed by atoms with Gasteiger partial charge in [0.15, 0.2) is 0 Å². The largest absolute Gasteiger partial charge is 0.379 e. The second kappa shape index (κ2) is 10.0. The maximum Gasteiger partial charge on any atom is 0.238 e. The number of hydrogen-bond donors (Lipinski definition) is 2. The van der Waals surface area contributed by atoms with Crippen LogP contribution in [0.3, 0.4) is 0 Å². The minimum atomic E-state index is -0.0460. The number of carbonyl (C=O) groups excluding carboxylic acids is 2. The van der Waals surface area contributed by atoms with E-state index in [4.69, 9.17) is 4.74 Å². The van der Waals surface area contributed by atoms with Crippen LogP contribution in [0.4, 0.5) is 11.4 Å². The topological polar surface area (TPSA) is 70.7 Å². The van der Waals surface area contributed by atoms with E-state index in [1.807, 2.05) is 37.3 Å². The van der Waals surface area contributed by atoms with E-state index in [0.29, 0.717) is 31.9 Å². The molecule has 0 spiro atoms. The first kappa shape index (κ1) is 20.0. The van der Waals surface area contributed by atoms with Crippen LogP contribution in [0.1, 0.15) is 24.8 Å². The van der Waals surface area contributed by atoms with Crippen LogP contribution < -0.4 is 10.6 Å². The first-order valence-electron chi connectivity index (χ1n) is 9.65. The van der Waals surface area contributed by atoms with Crippen molar-refractivity contribution in [2.24, 2.45) is 0 Å². The number of ether oxygens (including phenoxy) is 1. The summed E-state index contributed by atoms with van der Waals surface area (Å²) in [5.41, 5.74) is 2.58. The Balaban J connectivity index is 1.45. The molecule has 6 nitrogen and oxygen atoms in total. The normalized spacial score (nSPS) is 15.6. The summed E-state index contributed by atoms with van der Waals surface area (Å²) in [7, 11) is 0. The summed E-state index contributed by atoms with van der Waals surface area (Å²) in [5.74, 6) is 0.0794. The van der Waals surface area contributed by atoms with Gasteiger partial charge in [-0.25, -0.2) is 0 Å². The van der Waals surface area contributed by atoms with Gasteiger partial charge in [-0.3, -0.25) is 14.5 Å². The van der Waals surface area contributed by atoms with Gasteiger partial charge in [-0.15, -0.1) is 0 Å². The number of benzene rings is 2. The lowest BCUT2D eigenvalue weighted by Gasteiger charge is -2.25. The van der Waals surface area contributed by atoms with Gasteiger partial charge in [0.25, 0.3) is 0 Å². The molecular weight excluding hydrogens is 354 g/mol. The zero-order valence-corrected chi connectivity index (χ0v) is 16.2. The van der Waals surface area contributed by atoms with Crippen LogP contribution >= 0.6 is 0 Å². The fraction of sp³-hybridized carbons (Fsp3) is 0.364. The lowest BCUT2D eigenvalue weighted by atomic mass is 9.97. The summed E-state index contributed by atoms with van der Waals surface area (Å²) in [6.07, 6.45) is 0.419. The van der Waals surface area contributed by atoms with Gasteiger partial charge < -0.3 is 15.4 Å².